The van der Waals surface area contributed by atoms with Gasteiger partial charge in [-0.3, -0.25) is 0 Å². The Hall–Kier alpha value is -10.8. The van der Waals surface area contributed by atoms with Gasteiger partial charge < -0.3 is 14.4 Å². The van der Waals surface area contributed by atoms with Crippen LogP contribution in [0.25, 0.3) is 94.8 Å². The Labute approximate surface area is 495 Å². The molecule has 12 aromatic carbocycles. The summed E-state index contributed by atoms with van der Waals surface area (Å²) in [4.78, 5) is 15.7. The summed E-state index contributed by atoms with van der Waals surface area (Å²) >= 11 is 0. The average molecular weight is 1080 g/mol. The van der Waals surface area contributed by atoms with Gasteiger partial charge in [0.2, 0.25) is 0 Å². The van der Waals surface area contributed by atoms with Gasteiger partial charge >= 0.3 is 0 Å². The van der Waals surface area contributed by atoms with E-state index in [1.165, 1.54) is 77.7 Å². The average Bonchev–Trinajstić information content (AvgIpc) is 2.75. The van der Waals surface area contributed by atoms with E-state index in [1.807, 2.05) is 0 Å². The van der Waals surface area contributed by atoms with Crippen molar-refractivity contribution in [2.45, 2.75) is 19.3 Å². The van der Waals surface area contributed by atoms with Crippen LogP contribution >= 0.6 is 0 Å². The lowest BCUT2D eigenvalue weighted by Crippen LogP contribution is -2.61. The highest BCUT2D eigenvalue weighted by atomic mass is 15.2. The van der Waals surface area contributed by atoms with Crippen LogP contribution in [-0.4, -0.2) is 21.2 Å². The minimum atomic E-state index is -0.180. The van der Waals surface area contributed by atoms with Crippen LogP contribution in [0.2, 0.25) is 0 Å². The number of aromatic nitrogens is 3. The number of nitrogens with zero attached hydrogens (tertiary/aromatic N) is 5. The summed E-state index contributed by atoms with van der Waals surface area (Å²) in [6, 6.07) is 107. The molecule has 0 bridgehead atoms. The number of hydrogen-bond donors (Lipinski definition) is 0. The number of para-hydroxylation sites is 5. The van der Waals surface area contributed by atoms with Crippen molar-refractivity contribution in [3.63, 3.8) is 0 Å². The lowest BCUT2D eigenvalue weighted by atomic mass is 9.33. The molecule has 0 fully saturated rings. The van der Waals surface area contributed by atoms with Crippen LogP contribution in [0.3, 0.4) is 0 Å². The first kappa shape index (κ1) is 48.9. The van der Waals surface area contributed by atoms with Gasteiger partial charge in [0.05, 0.1) is 28.1 Å². The molecule has 17 rings (SSSR count). The van der Waals surface area contributed by atoms with E-state index in [0.717, 1.165) is 72.9 Å². The molecule has 0 unspecified atom stereocenters. The van der Waals surface area contributed by atoms with Crippen LogP contribution in [0.4, 0.5) is 34.1 Å². The van der Waals surface area contributed by atoms with Gasteiger partial charge in [0.25, 0.3) is 6.71 Å². The molecule has 3 aliphatic rings. The highest BCUT2D eigenvalue weighted by Crippen LogP contribution is 2.52. The predicted molar refractivity (Wildman–Crippen MR) is 355 cm³/mol. The number of hydrogen-bond acceptors (Lipinski definition) is 4. The first-order valence-corrected chi connectivity index (χ1v) is 29.4. The molecule has 4 heterocycles. The second-order valence-corrected chi connectivity index (χ2v) is 23.3. The van der Waals surface area contributed by atoms with E-state index < -0.39 is 0 Å². The van der Waals surface area contributed by atoms with Gasteiger partial charge in [0, 0.05) is 72.6 Å². The Kier molecular flexibility index (Phi) is 11.0. The van der Waals surface area contributed by atoms with Gasteiger partial charge in [-0.05, 0) is 146 Å². The lowest BCUT2D eigenvalue weighted by molar-refractivity contribution is 0.661. The largest absolute Gasteiger partial charge is 0.311 e. The summed E-state index contributed by atoms with van der Waals surface area (Å²) in [7, 11) is 0. The molecular formula is C79H54BN5. The first-order chi connectivity index (χ1) is 41.9. The van der Waals surface area contributed by atoms with Crippen molar-refractivity contribution in [2.75, 3.05) is 9.80 Å². The van der Waals surface area contributed by atoms with E-state index >= 15 is 0 Å². The van der Waals surface area contributed by atoms with Crippen molar-refractivity contribution in [1.82, 2.24) is 14.5 Å². The van der Waals surface area contributed by atoms with Gasteiger partial charge in [0.1, 0.15) is 0 Å². The van der Waals surface area contributed by atoms with E-state index in [0.29, 0.717) is 5.82 Å². The normalized spacial score (nSPS) is 13.3. The minimum absolute atomic E-state index is 0.0314. The second kappa shape index (κ2) is 19.1. The fourth-order valence-corrected chi connectivity index (χ4v) is 14.2. The summed E-state index contributed by atoms with van der Waals surface area (Å²) in [6.45, 7) is 4.78. The molecule has 0 amide bonds. The third-order valence-corrected chi connectivity index (χ3v) is 18.2. The van der Waals surface area contributed by atoms with Crippen molar-refractivity contribution >= 4 is 79.0 Å². The van der Waals surface area contributed by atoms with E-state index in [2.05, 4.69) is 319 Å². The third kappa shape index (κ3) is 7.65. The van der Waals surface area contributed by atoms with Crippen molar-refractivity contribution in [1.29, 1.82) is 0 Å². The standard InChI is InChI=1S/C79H54BN5/c1-79(2)64-33-17-15-31-59(64)62-48-63-60-32-16-20-36-70(60)85(74(63)49-65(62)79)71-44-43-55(78-81-68(53-23-7-3-8-24-53)50-69(82-78)54-25-9-4-10-26-54)45-61(71)52-41-39-51(40-42-52)56-46-75-77-76(47-56)84(58-29-13-6-14-30-58)73-38-22-19-35-67(73)80(77)66-34-18-21-37-72(66)83(75)57-27-11-5-12-28-57/h3-50H,1-2H3. The zero-order valence-electron chi connectivity index (χ0n) is 47.0. The smallest absolute Gasteiger partial charge is 0.252 e. The van der Waals surface area contributed by atoms with Crippen LogP contribution in [0.15, 0.2) is 291 Å². The first-order valence-electron chi connectivity index (χ1n) is 29.4. The molecule has 14 aromatic rings. The van der Waals surface area contributed by atoms with Crippen LogP contribution in [-0.2, 0) is 5.41 Å². The Bertz CT molecular complexity index is 4810. The molecule has 1 aliphatic carbocycles. The summed E-state index contributed by atoms with van der Waals surface area (Å²) in [5, 5.41) is 2.45. The van der Waals surface area contributed by atoms with Crippen molar-refractivity contribution in [2.24, 2.45) is 0 Å². The quantitative estimate of drug-likeness (QED) is 0.142. The molecule has 0 saturated carbocycles. The van der Waals surface area contributed by atoms with Crippen molar-refractivity contribution in [3.05, 3.63) is 302 Å². The Balaban J connectivity index is 0.887. The zero-order chi connectivity index (χ0) is 56.3. The zero-order valence-corrected chi connectivity index (χ0v) is 47.0. The number of benzene rings is 12. The van der Waals surface area contributed by atoms with Gasteiger partial charge in [-0.25, -0.2) is 9.97 Å². The van der Waals surface area contributed by atoms with Crippen molar-refractivity contribution in [3.8, 4) is 73.0 Å². The van der Waals surface area contributed by atoms with E-state index in [-0.39, 0.29) is 12.1 Å². The highest BCUT2D eigenvalue weighted by Gasteiger charge is 2.43. The van der Waals surface area contributed by atoms with Gasteiger partial charge in [-0.15, -0.1) is 0 Å². The highest BCUT2D eigenvalue weighted by molar-refractivity contribution is 7.00. The maximum absolute atomic E-state index is 5.38. The van der Waals surface area contributed by atoms with Crippen LogP contribution in [0.1, 0.15) is 25.0 Å². The fourth-order valence-electron chi connectivity index (χ4n) is 14.2. The molecule has 85 heavy (non-hydrogen) atoms. The Morgan fingerprint density at radius 2 is 0.835 bits per heavy atom. The minimum Gasteiger partial charge on any atom is -0.311 e. The third-order valence-electron chi connectivity index (χ3n) is 18.2. The number of rotatable bonds is 8. The monoisotopic (exact) mass is 1080 g/mol. The molecule has 6 heteroatoms. The molecule has 0 radical (unpaired) electrons. The molecule has 0 saturated heterocycles. The number of anilines is 6. The predicted octanol–water partition coefficient (Wildman–Crippen LogP) is 18.3. The molecule has 398 valence electrons. The number of fused-ring (bicyclic) bond motifs is 10. The van der Waals surface area contributed by atoms with Crippen molar-refractivity contribution < 1.29 is 0 Å². The van der Waals surface area contributed by atoms with Gasteiger partial charge in [-0.2, -0.15) is 0 Å². The summed E-state index contributed by atoms with van der Waals surface area (Å²) in [6.07, 6.45) is 0. The van der Waals surface area contributed by atoms with Crippen LogP contribution < -0.4 is 26.2 Å². The molecule has 2 aliphatic heterocycles. The maximum atomic E-state index is 5.38. The van der Waals surface area contributed by atoms with Gasteiger partial charge in [0.15, 0.2) is 5.82 Å². The molecule has 2 aromatic heterocycles. The summed E-state index contributed by atoms with van der Waals surface area (Å²) in [5.41, 5.74) is 28.6. The Morgan fingerprint density at radius 1 is 0.318 bits per heavy atom. The molecule has 0 spiro atoms. The SMILES string of the molecule is CC1(C)c2ccccc2-c2cc3c4ccccc4n(-c4ccc(-c5nc(-c6ccccc6)cc(-c6ccccc6)n5)cc4-c4ccc(-c5cc6c7c(c5)N(c5ccccc5)c5ccccc5B7c5ccccc5N6c5ccccc5)cc4)c3cc21. The van der Waals surface area contributed by atoms with Crippen LogP contribution in [0.5, 0.6) is 0 Å². The molecule has 0 N–H and O–H groups in total. The topological polar surface area (TPSA) is 37.2 Å². The summed E-state index contributed by atoms with van der Waals surface area (Å²) < 4.78 is 2.50. The van der Waals surface area contributed by atoms with Crippen LogP contribution in [0, 0.1) is 0 Å². The molecule has 5 nitrogen and oxygen atoms in total. The lowest BCUT2D eigenvalue weighted by Gasteiger charge is -2.44. The second-order valence-electron chi connectivity index (χ2n) is 23.3. The van der Waals surface area contributed by atoms with E-state index in [4.69, 9.17) is 9.97 Å². The maximum Gasteiger partial charge on any atom is 0.252 e. The Morgan fingerprint density at radius 3 is 1.46 bits per heavy atom. The van der Waals surface area contributed by atoms with E-state index in [9.17, 15) is 0 Å². The molecular weight excluding hydrogens is 1030 g/mol. The molecule has 0 atom stereocenters. The summed E-state index contributed by atoms with van der Waals surface area (Å²) in [5.74, 6) is 0.666. The fraction of sp³-hybridized carbons (Fsp3) is 0.0380. The van der Waals surface area contributed by atoms with Gasteiger partial charge in [-0.1, -0.05) is 214 Å². The van der Waals surface area contributed by atoms with E-state index in [1.54, 1.807) is 0 Å².